The standard InChI is InChI=1S/C17H18FN3O2/c1-23-17(22)13-2-5-15(6-3-13)20-8-10-21(11-9-20)16-7-4-14(18)12-19-16/h2-7,12H,8-11H2,1H3. The third-order valence-corrected chi connectivity index (χ3v) is 3.97. The number of ether oxygens (including phenoxy) is 1. The summed E-state index contributed by atoms with van der Waals surface area (Å²) in [7, 11) is 1.37. The zero-order chi connectivity index (χ0) is 16.2. The predicted octanol–water partition coefficient (Wildman–Crippen LogP) is 2.33. The minimum atomic E-state index is -0.330. The number of methoxy groups -OCH3 is 1. The molecule has 2 aromatic rings. The fraction of sp³-hybridized carbons (Fsp3) is 0.294. The number of hydrogen-bond donors (Lipinski definition) is 0. The zero-order valence-electron chi connectivity index (χ0n) is 12.9. The Morgan fingerprint density at radius 2 is 1.70 bits per heavy atom. The van der Waals surface area contributed by atoms with Crippen LogP contribution in [0.2, 0.25) is 0 Å². The van der Waals surface area contributed by atoms with Crippen molar-refractivity contribution in [3.8, 4) is 0 Å². The molecule has 0 radical (unpaired) electrons. The molecule has 3 rings (SSSR count). The third kappa shape index (κ3) is 3.41. The molecule has 0 amide bonds. The Labute approximate surface area is 134 Å². The maximum Gasteiger partial charge on any atom is 0.337 e. The van der Waals surface area contributed by atoms with E-state index in [-0.39, 0.29) is 11.8 Å². The van der Waals surface area contributed by atoms with Crippen LogP contribution in [-0.2, 0) is 4.74 Å². The quantitative estimate of drug-likeness (QED) is 0.814. The molecule has 0 bridgehead atoms. The number of esters is 1. The molecule has 6 heteroatoms. The lowest BCUT2D eigenvalue weighted by molar-refractivity contribution is 0.0601. The van der Waals surface area contributed by atoms with Crippen LogP contribution in [0.1, 0.15) is 10.4 Å². The van der Waals surface area contributed by atoms with Crippen LogP contribution < -0.4 is 9.80 Å². The van der Waals surface area contributed by atoms with Crippen molar-refractivity contribution >= 4 is 17.5 Å². The number of halogens is 1. The third-order valence-electron chi connectivity index (χ3n) is 3.97. The predicted molar refractivity (Wildman–Crippen MR) is 86.4 cm³/mol. The number of piperazine rings is 1. The molecule has 1 saturated heterocycles. The first-order valence-corrected chi connectivity index (χ1v) is 7.47. The van der Waals surface area contributed by atoms with Crippen LogP contribution in [0, 0.1) is 5.82 Å². The van der Waals surface area contributed by atoms with Crippen LogP contribution >= 0.6 is 0 Å². The van der Waals surface area contributed by atoms with Gasteiger partial charge in [-0.25, -0.2) is 14.2 Å². The molecule has 5 nitrogen and oxygen atoms in total. The van der Waals surface area contributed by atoms with Crippen LogP contribution in [0.4, 0.5) is 15.9 Å². The smallest absolute Gasteiger partial charge is 0.337 e. The Hall–Kier alpha value is -2.63. The SMILES string of the molecule is COC(=O)c1ccc(N2CCN(c3ccc(F)cn3)CC2)cc1. The van der Waals surface area contributed by atoms with Crippen molar-refractivity contribution in [1.29, 1.82) is 0 Å². The molecule has 2 heterocycles. The number of pyridine rings is 1. The summed E-state index contributed by atoms with van der Waals surface area (Å²) < 4.78 is 17.6. The molecule has 0 aliphatic carbocycles. The van der Waals surface area contributed by atoms with Crippen LogP contribution in [0.3, 0.4) is 0 Å². The highest BCUT2D eigenvalue weighted by Gasteiger charge is 2.18. The number of benzene rings is 1. The normalized spacial score (nSPS) is 14.7. The van der Waals surface area contributed by atoms with E-state index in [2.05, 4.69) is 14.8 Å². The molecule has 0 spiro atoms. The summed E-state index contributed by atoms with van der Waals surface area (Å²) in [6.45, 7) is 3.32. The molecule has 0 unspecified atom stereocenters. The van der Waals surface area contributed by atoms with E-state index in [1.54, 1.807) is 18.2 Å². The molecule has 1 fully saturated rings. The van der Waals surface area contributed by atoms with E-state index in [1.165, 1.54) is 19.4 Å². The Morgan fingerprint density at radius 1 is 1.04 bits per heavy atom. The number of hydrogen-bond acceptors (Lipinski definition) is 5. The molecule has 0 N–H and O–H groups in total. The van der Waals surface area contributed by atoms with Gasteiger partial charge >= 0.3 is 5.97 Å². The molecule has 1 aromatic carbocycles. The van der Waals surface area contributed by atoms with Crippen LogP contribution in [0.15, 0.2) is 42.6 Å². The van der Waals surface area contributed by atoms with Crippen molar-refractivity contribution in [2.75, 3.05) is 43.1 Å². The van der Waals surface area contributed by atoms with E-state index in [1.807, 2.05) is 12.1 Å². The average molecular weight is 315 g/mol. The van der Waals surface area contributed by atoms with Gasteiger partial charge in [-0.2, -0.15) is 0 Å². The highest BCUT2D eigenvalue weighted by atomic mass is 19.1. The molecule has 0 atom stereocenters. The minimum Gasteiger partial charge on any atom is -0.465 e. The Balaban J connectivity index is 1.62. The summed E-state index contributed by atoms with van der Waals surface area (Å²) in [6.07, 6.45) is 1.24. The summed E-state index contributed by atoms with van der Waals surface area (Å²) in [5, 5.41) is 0. The highest BCUT2D eigenvalue weighted by molar-refractivity contribution is 5.89. The van der Waals surface area contributed by atoms with E-state index in [0.717, 1.165) is 37.7 Å². The fourth-order valence-electron chi connectivity index (χ4n) is 2.68. The second-order valence-corrected chi connectivity index (χ2v) is 5.35. The topological polar surface area (TPSA) is 45.7 Å². The maximum atomic E-state index is 12.9. The second kappa shape index (κ2) is 6.64. The van der Waals surface area contributed by atoms with Gasteiger partial charge in [0.2, 0.25) is 0 Å². The molecule has 1 aromatic heterocycles. The molecular formula is C17H18FN3O2. The number of carbonyl (C=O) groups excluding carboxylic acids is 1. The first kappa shape index (κ1) is 15.3. The molecule has 0 saturated carbocycles. The summed E-state index contributed by atoms with van der Waals surface area (Å²) in [5.74, 6) is 0.147. The number of rotatable bonds is 3. The van der Waals surface area contributed by atoms with Crippen molar-refractivity contribution in [1.82, 2.24) is 4.98 Å². The highest BCUT2D eigenvalue weighted by Crippen LogP contribution is 2.20. The van der Waals surface area contributed by atoms with Gasteiger partial charge in [-0.3, -0.25) is 0 Å². The number of aromatic nitrogens is 1. The van der Waals surface area contributed by atoms with Gasteiger partial charge in [-0.15, -0.1) is 0 Å². The van der Waals surface area contributed by atoms with Gasteiger partial charge in [0.1, 0.15) is 11.6 Å². The molecule has 1 aliphatic rings. The van der Waals surface area contributed by atoms with Crippen LogP contribution in [0.5, 0.6) is 0 Å². The van der Waals surface area contributed by atoms with Crippen molar-refractivity contribution < 1.29 is 13.9 Å². The fourth-order valence-corrected chi connectivity index (χ4v) is 2.68. The largest absolute Gasteiger partial charge is 0.465 e. The van der Waals surface area contributed by atoms with Gasteiger partial charge in [0.15, 0.2) is 0 Å². The first-order valence-electron chi connectivity index (χ1n) is 7.47. The second-order valence-electron chi connectivity index (χ2n) is 5.35. The molecular weight excluding hydrogens is 297 g/mol. The van der Waals surface area contributed by atoms with Crippen LogP contribution in [-0.4, -0.2) is 44.2 Å². The average Bonchev–Trinajstić information content (AvgIpc) is 2.62. The van der Waals surface area contributed by atoms with Gasteiger partial charge < -0.3 is 14.5 Å². The van der Waals surface area contributed by atoms with E-state index in [9.17, 15) is 9.18 Å². The number of carbonyl (C=O) groups is 1. The van der Waals surface area contributed by atoms with Gasteiger partial charge in [-0.1, -0.05) is 0 Å². The lowest BCUT2D eigenvalue weighted by Gasteiger charge is -2.36. The number of anilines is 2. The Morgan fingerprint density at radius 3 is 2.26 bits per heavy atom. The van der Waals surface area contributed by atoms with Crippen molar-refractivity contribution in [3.05, 3.63) is 54.0 Å². The summed E-state index contributed by atoms with van der Waals surface area (Å²) in [5.41, 5.74) is 1.62. The van der Waals surface area contributed by atoms with E-state index < -0.39 is 0 Å². The van der Waals surface area contributed by atoms with E-state index in [4.69, 9.17) is 4.74 Å². The van der Waals surface area contributed by atoms with E-state index >= 15 is 0 Å². The van der Waals surface area contributed by atoms with Crippen LogP contribution in [0.25, 0.3) is 0 Å². The zero-order valence-corrected chi connectivity index (χ0v) is 12.9. The van der Waals surface area contributed by atoms with Crippen molar-refractivity contribution in [2.45, 2.75) is 0 Å². The Kier molecular flexibility index (Phi) is 4.41. The monoisotopic (exact) mass is 315 g/mol. The maximum absolute atomic E-state index is 12.9. The summed E-state index contributed by atoms with van der Waals surface area (Å²) in [4.78, 5) is 20.0. The van der Waals surface area contributed by atoms with E-state index in [0.29, 0.717) is 5.56 Å². The Bertz CT molecular complexity index is 665. The lowest BCUT2D eigenvalue weighted by atomic mass is 10.2. The van der Waals surface area contributed by atoms with Gasteiger partial charge in [0.05, 0.1) is 18.9 Å². The molecule has 1 aliphatic heterocycles. The summed E-state index contributed by atoms with van der Waals surface area (Å²) >= 11 is 0. The molecule has 23 heavy (non-hydrogen) atoms. The lowest BCUT2D eigenvalue weighted by Crippen LogP contribution is -2.46. The van der Waals surface area contributed by atoms with Crippen molar-refractivity contribution in [2.24, 2.45) is 0 Å². The minimum absolute atomic E-state index is 0.321. The molecule has 120 valence electrons. The van der Waals surface area contributed by atoms with Gasteiger partial charge in [-0.05, 0) is 36.4 Å². The summed E-state index contributed by atoms with van der Waals surface area (Å²) in [6, 6.07) is 10.5. The van der Waals surface area contributed by atoms with Gasteiger partial charge in [0.25, 0.3) is 0 Å². The van der Waals surface area contributed by atoms with Crippen molar-refractivity contribution in [3.63, 3.8) is 0 Å². The van der Waals surface area contributed by atoms with Gasteiger partial charge in [0, 0.05) is 31.9 Å². The first-order chi connectivity index (χ1) is 11.2. The number of nitrogens with zero attached hydrogens (tertiary/aromatic N) is 3.